The van der Waals surface area contributed by atoms with E-state index < -0.39 is 16.0 Å². The summed E-state index contributed by atoms with van der Waals surface area (Å²) in [5, 5.41) is 15.9. The fourth-order valence-electron chi connectivity index (χ4n) is 1.35. The maximum Gasteiger partial charge on any atom is 0.337 e. The summed E-state index contributed by atoms with van der Waals surface area (Å²) in [4.78, 5) is 14.4. The molecule has 0 aliphatic heterocycles. The molecule has 1 aromatic heterocycles. The molecule has 0 fully saturated rings. The summed E-state index contributed by atoms with van der Waals surface area (Å²) < 4.78 is 26.5. The maximum atomic E-state index is 12.2. The first-order valence-corrected chi connectivity index (χ1v) is 7.85. The molecule has 0 atom stereocenters. The zero-order valence-electron chi connectivity index (χ0n) is 9.99. The molecule has 0 bridgehead atoms. The van der Waals surface area contributed by atoms with Crippen LogP contribution in [-0.2, 0) is 10.0 Å². The zero-order chi connectivity index (χ0) is 15.6. The molecule has 11 heteroatoms. The van der Waals surface area contributed by atoms with E-state index in [4.69, 9.17) is 16.7 Å². The van der Waals surface area contributed by atoms with Crippen molar-refractivity contribution in [1.29, 1.82) is 0 Å². The number of anilines is 1. The Kier molecular flexibility index (Phi) is 4.40. The van der Waals surface area contributed by atoms with Crippen molar-refractivity contribution >= 4 is 49.5 Å². The van der Waals surface area contributed by atoms with Crippen molar-refractivity contribution in [2.45, 2.75) is 4.90 Å². The minimum Gasteiger partial charge on any atom is -0.478 e. The summed E-state index contributed by atoms with van der Waals surface area (Å²) in [7, 11) is -4.08. The van der Waals surface area contributed by atoms with E-state index in [1.54, 1.807) is 0 Å². The summed E-state index contributed by atoms with van der Waals surface area (Å²) in [5.74, 6) is -1.59. The Balaban J connectivity index is 2.48. The molecule has 8 nitrogen and oxygen atoms in total. The predicted molar refractivity (Wildman–Crippen MR) is 76.7 cm³/mol. The maximum absolute atomic E-state index is 12.2. The lowest BCUT2D eigenvalue weighted by Crippen LogP contribution is -2.16. The van der Waals surface area contributed by atoms with Crippen LogP contribution in [0, 0.1) is 0 Å². The second-order valence-corrected chi connectivity index (χ2v) is 6.56. The third kappa shape index (κ3) is 3.46. The van der Waals surface area contributed by atoms with Gasteiger partial charge in [0.15, 0.2) is 0 Å². The molecule has 2 aromatic rings. The molecule has 0 aliphatic carbocycles. The molecule has 2 rings (SSSR count). The number of carbonyl (C=O) groups is 1. The van der Waals surface area contributed by atoms with Gasteiger partial charge in [0.2, 0.25) is 0 Å². The van der Waals surface area contributed by atoms with Crippen LogP contribution in [0.4, 0.5) is 5.95 Å². The van der Waals surface area contributed by atoms with Gasteiger partial charge in [0.25, 0.3) is 16.0 Å². The fourth-order valence-corrected chi connectivity index (χ4v) is 3.15. The van der Waals surface area contributed by atoms with Gasteiger partial charge in [0.1, 0.15) is 0 Å². The van der Waals surface area contributed by atoms with Crippen molar-refractivity contribution in [3.8, 4) is 0 Å². The van der Waals surface area contributed by atoms with E-state index >= 15 is 0 Å². The molecule has 2 N–H and O–H groups in total. The molecule has 0 amide bonds. The van der Waals surface area contributed by atoms with E-state index in [0.29, 0.717) is 0 Å². The lowest BCUT2D eigenvalue weighted by molar-refractivity contribution is 0.0696. The van der Waals surface area contributed by atoms with Crippen LogP contribution in [0.1, 0.15) is 10.4 Å². The smallest absolute Gasteiger partial charge is 0.337 e. The van der Waals surface area contributed by atoms with Crippen molar-refractivity contribution in [3.05, 3.63) is 39.6 Å². The van der Waals surface area contributed by atoms with Crippen LogP contribution in [0.5, 0.6) is 0 Å². The number of benzene rings is 1. The number of halogens is 2. The number of aromatic carboxylic acids is 1. The Morgan fingerprint density at radius 3 is 2.62 bits per heavy atom. The first-order valence-electron chi connectivity index (χ1n) is 5.20. The van der Waals surface area contributed by atoms with Crippen LogP contribution in [0.25, 0.3) is 0 Å². The molecule has 1 heterocycles. The van der Waals surface area contributed by atoms with Crippen LogP contribution in [0.3, 0.4) is 0 Å². The number of carboxylic acid groups (broad SMARTS) is 1. The average molecular weight is 394 g/mol. The van der Waals surface area contributed by atoms with Crippen LogP contribution in [0.15, 0.2) is 33.9 Å². The van der Waals surface area contributed by atoms with Gasteiger partial charge >= 0.3 is 5.97 Å². The Labute approximate surface area is 132 Å². The van der Waals surface area contributed by atoms with Crippen molar-refractivity contribution in [2.24, 2.45) is 0 Å². The van der Waals surface area contributed by atoms with Gasteiger partial charge in [-0.25, -0.2) is 22.9 Å². The quantitative estimate of drug-likeness (QED) is 0.812. The zero-order valence-corrected chi connectivity index (χ0v) is 13.1. The van der Waals surface area contributed by atoms with Gasteiger partial charge < -0.3 is 5.11 Å². The van der Waals surface area contributed by atoms with E-state index in [0.717, 1.165) is 6.07 Å². The van der Waals surface area contributed by atoms with Gasteiger partial charge in [0, 0.05) is 4.47 Å². The minimum absolute atomic E-state index is 0.0981. The molecule has 0 unspecified atom stereocenters. The monoisotopic (exact) mass is 392 g/mol. The number of hydrogen-bond donors (Lipinski definition) is 2. The normalized spacial score (nSPS) is 11.1. The highest BCUT2D eigenvalue weighted by atomic mass is 79.9. The number of carboxylic acids is 1. The summed E-state index contributed by atoms with van der Waals surface area (Å²) in [6, 6.07) is 2.11. The molecule has 1 aromatic carbocycles. The third-order valence-electron chi connectivity index (χ3n) is 2.25. The SMILES string of the molecule is O=C(O)c1cc(S(=O)(=O)Nc2nccnn2)cc(Br)c1Cl. The van der Waals surface area contributed by atoms with Crippen molar-refractivity contribution in [2.75, 3.05) is 4.72 Å². The molecule has 0 saturated heterocycles. The molecule has 21 heavy (non-hydrogen) atoms. The molecular formula is C10H6BrClN4O4S. The topological polar surface area (TPSA) is 122 Å². The molecule has 0 spiro atoms. The van der Waals surface area contributed by atoms with Gasteiger partial charge in [-0.05, 0) is 28.1 Å². The standard InChI is InChI=1S/C10H6BrClN4O4S/c11-7-4-5(3-6(8(7)12)9(17)18)21(19,20)16-10-13-1-2-14-15-10/h1-4H,(H,17,18)(H,13,15,16). The number of sulfonamides is 1. The highest BCUT2D eigenvalue weighted by Gasteiger charge is 2.21. The van der Waals surface area contributed by atoms with Crippen molar-refractivity contribution in [1.82, 2.24) is 15.2 Å². The van der Waals surface area contributed by atoms with Gasteiger partial charge in [-0.2, -0.15) is 5.10 Å². The molecule has 0 saturated carbocycles. The van der Waals surface area contributed by atoms with Crippen LogP contribution in [0.2, 0.25) is 5.02 Å². The van der Waals surface area contributed by atoms with Crippen LogP contribution >= 0.6 is 27.5 Å². The van der Waals surface area contributed by atoms with Gasteiger partial charge in [-0.15, -0.1) is 5.10 Å². The first kappa shape index (κ1) is 15.6. The van der Waals surface area contributed by atoms with E-state index in [9.17, 15) is 13.2 Å². The highest BCUT2D eigenvalue weighted by molar-refractivity contribution is 9.10. The van der Waals surface area contributed by atoms with Crippen molar-refractivity contribution in [3.63, 3.8) is 0 Å². The van der Waals surface area contributed by atoms with Gasteiger partial charge in [-0.1, -0.05) is 11.6 Å². The summed E-state index contributed by atoms with van der Waals surface area (Å²) in [6.07, 6.45) is 2.53. The summed E-state index contributed by atoms with van der Waals surface area (Å²) >= 11 is 8.80. The minimum atomic E-state index is -4.08. The third-order valence-corrected chi connectivity index (χ3v) is 4.82. The summed E-state index contributed by atoms with van der Waals surface area (Å²) in [5.41, 5.74) is -0.349. The van der Waals surface area contributed by atoms with Gasteiger partial charge in [0.05, 0.1) is 27.9 Å². The molecular weight excluding hydrogens is 388 g/mol. The van der Waals surface area contributed by atoms with Crippen LogP contribution in [-0.4, -0.2) is 34.7 Å². The van der Waals surface area contributed by atoms with E-state index in [1.165, 1.54) is 18.5 Å². The lowest BCUT2D eigenvalue weighted by atomic mass is 10.2. The number of hydrogen-bond acceptors (Lipinski definition) is 6. The first-order chi connectivity index (χ1) is 9.81. The predicted octanol–water partition coefficient (Wildman–Crippen LogP) is 1.79. The fraction of sp³-hybridized carbons (Fsp3) is 0. The van der Waals surface area contributed by atoms with E-state index in [1.807, 2.05) is 0 Å². The highest BCUT2D eigenvalue weighted by Crippen LogP contribution is 2.30. The van der Waals surface area contributed by atoms with Crippen LogP contribution < -0.4 is 4.72 Å². The number of nitrogens with one attached hydrogen (secondary N) is 1. The van der Waals surface area contributed by atoms with E-state index in [-0.39, 0.29) is 25.9 Å². The number of rotatable bonds is 4. The van der Waals surface area contributed by atoms with Gasteiger partial charge in [-0.3, -0.25) is 0 Å². The lowest BCUT2D eigenvalue weighted by Gasteiger charge is -2.09. The number of aromatic nitrogens is 3. The Hall–Kier alpha value is -1.78. The largest absolute Gasteiger partial charge is 0.478 e. The molecule has 110 valence electrons. The Morgan fingerprint density at radius 1 is 1.33 bits per heavy atom. The Morgan fingerprint density at radius 2 is 2.05 bits per heavy atom. The Bertz CT molecular complexity index is 800. The molecule has 0 aliphatic rings. The van der Waals surface area contributed by atoms with E-state index in [2.05, 4.69) is 35.8 Å². The average Bonchev–Trinajstić information content (AvgIpc) is 2.41. The molecule has 0 radical (unpaired) electrons. The summed E-state index contributed by atoms with van der Waals surface area (Å²) in [6.45, 7) is 0. The van der Waals surface area contributed by atoms with Crippen molar-refractivity contribution < 1.29 is 18.3 Å². The number of nitrogens with zero attached hydrogens (tertiary/aromatic N) is 3. The second kappa shape index (κ2) is 5.92. The second-order valence-electron chi connectivity index (χ2n) is 3.64.